The molecule has 1 aliphatic heterocycles. The zero-order valence-corrected chi connectivity index (χ0v) is 13.7. The van der Waals surface area contributed by atoms with Gasteiger partial charge >= 0.3 is 0 Å². The molecule has 0 saturated heterocycles. The van der Waals surface area contributed by atoms with Crippen LogP contribution >= 0.6 is 0 Å². The van der Waals surface area contributed by atoms with Gasteiger partial charge < -0.3 is 15.2 Å². The molecule has 0 saturated carbocycles. The minimum absolute atomic E-state index is 0.197. The van der Waals surface area contributed by atoms with E-state index in [-0.39, 0.29) is 23.2 Å². The Morgan fingerprint density at radius 2 is 2.00 bits per heavy atom. The third kappa shape index (κ3) is 3.60. The first kappa shape index (κ1) is 16.9. The second-order valence-electron chi connectivity index (χ2n) is 5.80. The van der Waals surface area contributed by atoms with Crippen LogP contribution in [0.25, 0.3) is 0 Å². The second kappa shape index (κ2) is 7.29. The Hall–Kier alpha value is -2.96. The number of halogens is 1. The fraction of sp³-hybridized carbons (Fsp3) is 0.278. The first-order valence-corrected chi connectivity index (χ1v) is 8.15. The minimum Gasteiger partial charge on any atom is -0.347 e. The fourth-order valence-corrected chi connectivity index (χ4v) is 2.87. The van der Waals surface area contributed by atoms with Crippen LogP contribution in [0.1, 0.15) is 39.6 Å². The number of nitrogens with one attached hydrogen (secondary N) is 2. The summed E-state index contributed by atoms with van der Waals surface area (Å²) in [6.45, 7) is 4.55. The largest absolute Gasteiger partial charge is 0.347 e. The molecule has 0 fully saturated rings. The number of fused-ring (bicyclic) bond motifs is 1. The number of hydrogen-bond acceptors (Lipinski definition) is 3. The number of imidazole rings is 1. The van der Waals surface area contributed by atoms with E-state index in [9.17, 15) is 14.0 Å². The Morgan fingerprint density at radius 1 is 1.24 bits per heavy atom. The predicted molar refractivity (Wildman–Crippen MR) is 92.0 cm³/mol. The highest BCUT2D eigenvalue weighted by atomic mass is 19.1. The van der Waals surface area contributed by atoms with E-state index in [2.05, 4.69) is 22.2 Å². The lowest BCUT2D eigenvalue weighted by molar-refractivity contribution is 0.0952. The Bertz CT molecular complexity index is 811. The first-order chi connectivity index (χ1) is 12.1. The average Bonchev–Trinajstić information content (AvgIpc) is 3.01. The number of carbonyl (C=O) groups is 2. The van der Waals surface area contributed by atoms with Gasteiger partial charge in [0.15, 0.2) is 5.82 Å². The molecule has 0 unspecified atom stereocenters. The van der Waals surface area contributed by atoms with Gasteiger partial charge in [-0.2, -0.15) is 0 Å². The number of aromatic nitrogens is 2. The standard InChI is InChI=1S/C18H19FN4O2/c1-2-10-20-17(24)15-14-5-3-4-11-23(14)16(22-15)18(25)21-13-8-6-12(19)7-9-13/h2,6-9H,1,3-5,10-11H2,(H,20,24)(H,21,25). The van der Waals surface area contributed by atoms with Crippen LogP contribution in [-0.4, -0.2) is 27.9 Å². The smallest absolute Gasteiger partial charge is 0.291 e. The Balaban J connectivity index is 1.88. The lowest BCUT2D eigenvalue weighted by atomic mass is 10.1. The molecule has 130 valence electrons. The maximum absolute atomic E-state index is 13.0. The van der Waals surface area contributed by atoms with Gasteiger partial charge in [-0.15, -0.1) is 6.58 Å². The molecule has 1 aliphatic rings. The van der Waals surface area contributed by atoms with Crippen molar-refractivity contribution < 1.29 is 14.0 Å². The molecule has 1 aromatic carbocycles. The zero-order chi connectivity index (χ0) is 17.8. The van der Waals surface area contributed by atoms with Gasteiger partial charge in [-0.05, 0) is 43.5 Å². The Kier molecular flexibility index (Phi) is 4.92. The van der Waals surface area contributed by atoms with Gasteiger partial charge in [-0.3, -0.25) is 9.59 Å². The monoisotopic (exact) mass is 342 g/mol. The maximum Gasteiger partial charge on any atom is 0.291 e. The molecule has 25 heavy (non-hydrogen) atoms. The summed E-state index contributed by atoms with van der Waals surface area (Å²) >= 11 is 0. The number of hydrogen-bond donors (Lipinski definition) is 2. The summed E-state index contributed by atoms with van der Waals surface area (Å²) in [5, 5.41) is 5.39. The van der Waals surface area contributed by atoms with Gasteiger partial charge in [0.1, 0.15) is 11.5 Å². The molecule has 0 aliphatic carbocycles. The topological polar surface area (TPSA) is 76.0 Å². The molecule has 0 spiro atoms. The molecule has 7 heteroatoms. The van der Waals surface area contributed by atoms with Crippen LogP contribution in [0.5, 0.6) is 0 Å². The summed E-state index contributed by atoms with van der Waals surface area (Å²) in [4.78, 5) is 29.2. The molecular formula is C18H19FN4O2. The summed E-state index contributed by atoms with van der Waals surface area (Å²) in [6, 6.07) is 5.49. The van der Waals surface area contributed by atoms with E-state index in [1.54, 1.807) is 10.6 Å². The van der Waals surface area contributed by atoms with Crippen LogP contribution in [0.2, 0.25) is 0 Å². The number of nitrogens with zero attached hydrogens (tertiary/aromatic N) is 2. The summed E-state index contributed by atoms with van der Waals surface area (Å²) in [6.07, 6.45) is 4.16. The summed E-state index contributed by atoms with van der Waals surface area (Å²) in [7, 11) is 0. The van der Waals surface area contributed by atoms with E-state index in [1.807, 2.05) is 0 Å². The van der Waals surface area contributed by atoms with Gasteiger partial charge in [0.05, 0.1) is 5.69 Å². The molecule has 0 radical (unpaired) electrons. The molecule has 2 heterocycles. The van der Waals surface area contributed by atoms with Crippen molar-refractivity contribution in [3.63, 3.8) is 0 Å². The number of rotatable bonds is 5. The normalized spacial score (nSPS) is 13.0. The molecule has 2 N–H and O–H groups in total. The fourth-order valence-electron chi connectivity index (χ4n) is 2.87. The highest BCUT2D eigenvalue weighted by Gasteiger charge is 2.27. The quantitative estimate of drug-likeness (QED) is 0.820. The van der Waals surface area contributed by atoms with E-state index in [0.717, 1.165) is 18.5 Å². The van der Waals surface area contributed by atoms with Crippen LogP contribution < -0.4 is 10.6 Å². The zero-order valence-electron chi connectivity index (χ0n) is 13.7. The SMILES string of the molecule is C=CCNC(=O)c1nc(C(=O)Nc2ccc(F)cc2)n2c1CCCC2. The van der Waals surface area contributed by atoms with Crippen LogP contribution in [0.4, 0.5) is 10.1 Å². The van der Waals surface area contributed by atoms with Gasteiger partial charge in [-0.1, -0.05) is 6.08 Å². The maximum atomic E-state index is 13.0. The minimum atomic E-state index is -0.419. The molecule has 6 nitrogen and oxygen atoms in total. The average molecular weight is 342 g/mol. The number of amides is 2. The van der Waals surface area contributed by atoms with Crippen molar-refractivity contribution >= 4 is 17.5 Å². The van der Waals surface area contributed by atoms with Crippen molar-refractivity contribution in [2.75, 3.05) is 11.9 Å². The highest BCUT2D eigenvalue weighted by molar-refractivity contribution is 6.03. The molecule has 0 atom stereocenters. The summed E-state index contributed by atoms with van der Waals surface area (Å²) in [5.74, 6) is -0.913. The third-order valence-electron chi connectivity index (χ3n) is 4.05. The van der Waals surface area contributed by atoms with Crippen molar-refractivity contribution in [1.29, 1.82) is 0 Å². The summed E-state index contributed by atoms with van der Waals surface area (Å²) in [5.41, 5.74) is 1.53. The van der Waals surface area contributed by atoms with E-state index in [4.69, 9.17) is 0 Å². The molecule has 3 rings (SSSR count). The second-order valence-corrected chi connectivity index (χ2v) is 5.80. The summed E-state index contributed by atoms with van der Waals surface area (Å²) < 4.78 is 14.8. The molecule has 2 aromatic rings. The van der Waals surface area contributed by atoms with E-state index in [0.29, 0.717) is 25.2 Å². The van der Waals surface area contributed by atoms with Crippen LogP contribution in [0, 0.1) is 5.82 Å². The van der Waals surface area contributed by atoms with E-state index >= 15 is 0 Å². The van der Waals surface area contributed by atoms with Crippen molar-refractivity contribution in [2.45, 2.75) is 25.8 Å². The van der Waals surface area contributed by atoms with Gasteiger partial charge in [0.2, 0.25) is 0 Å². The van der Waals surface area contributed by atoms with Gasteiger partial charge in [-0.25, -0.2) is 9.37 Å². The van der Waals surface area contributed by atoms with Crippen LogP contribution in [0.15, 0.2) is 36.9 Å². The Morgan fingerprint density at radius 3 is 2.72 bits per heavy atom. The highest BCUT2D eigenvalue weighted by Crippen LogP contribution is 2.22. The lowest BCUT2D eigenvalue weighted by Crippen LogP contribution is -2.25. The third-order valence-corrected chi connectivity index (χ3v) is 4.05. The predicted octanol–water partition coefficient (Wildman–Crippen LogP) is 2.53. The van der Waals surface area contributed by atoms with E-state index in [1.165, 1.54) is 24.3 Å². The van der Waals surface area contributed by atoms with Crippen molar-refractivity contribution in [3.05, 3.63) is 59.9 Å². The lowest BCUT2D eigenvalue weighted by Gasteiger charge is -2.17. The van der Waals surface area contributed by atoms with Crippen molar-refractivity contribution in [2.24, 2.45) is 0 Å². The number of benzene rings is 1. The number of anilines is 1. The molecule has 0 bridgehead atoms. The van der Waals surface area contributed by atoms with Gasteiger partial charge in [0, 0.05) is 18.8 Å². The van der Waals surface area contributed by atoms with Crippen molar-refractivity contribution in [3.8, 4) is 0 Å². The first-order valence-electron chi connectivity index (χ1n) is 8.15. The Labute approximate surface area is 144 Å². The molecular weight excluding hydrogens is 323 g/mol. The molecule has 2 amide bonds. The van der Waals surface area contributed by atoms with Crippen LogP contribution in [-0.2, 0) is 13.0 Å². The molecule has 1 aromatic heterocycles. The van der Waals surface area contributed by atoms with Crippen molar-refractivity contribution in [1.82, 2.24) is 14.9 Å². The van der Waals surface area contributed by atoms with Gasteiger partial charge in [0.25, 0.3) is 11.8 Å². The van der Waals surface area contributed by atoms with E-state index < -0.39 is 5.91 Å². The number of carbonyl (C=O) groups excluding carboxylic acids is 2. The van der Waals surface area contributed by atoms with Crippen LogP contribution in [0.3, 0.4) is 0 Å².